The van der Waals surface area contributed by atoms with Crippen molar-refractivity contribution in [3.63, 3.8) is 0 Å². The van der Waals surface area contributed by atoms with Gasteiger partial charge in [-0.2, -0.15) is 0 Å². The summed E-state index contributed by atoms with van der Waals surface area (Å²) in [5.41, 5.74) is 9.36. The minimum atomic E-state index is 0.582. The Kier molecular flexibility index (Phi) is 3.43. The highest BCUT2D eigenvalue weighted by Gasteiger charge is 2.14. The maximum absolute atomic E-state index is 6.29. The van der Waals surface area contributed by atoms with Crippen LogP contribution in [-0.4, -0.2) is 4.98 Å². The van der Waals surface area contributed by atoms with Gasteiger partial charge in [-0.05, 0) is 43.7 Å². The Morgan fingerprint density at radius 2 is 1.76 bits per heavy atom. The maximum atomic E-state index is 6.29. The zero-order valence-electron chi connectivity index (χ0n) is 11.9. The van der Waals surface area contributed by atoms with Gasteiger partial charge in [0.1, 0.15) is 11.3 Å². The van der Waals surface area contributed by atoms with Crippen LogP contribution in [0.15, 0.2) is 42.5 Å². The van der Waals surface area contributed by atoms with Gasteiger partial charge in [0.2, 0.25) is 0 Å². The topological polar surface area (TPSA) is 48.1 Å². The molecule has 0 atom stereocenters. The first-order valence-electron chi connectivity index (χ1n) is 6.65. The third-order valence-corrected chi connectivity index (χ3v) is 3.87. The number of benzene rings is 2. The van der Waals surface area contributed by atoms with Crippen LogP contribution in [0, 0.1) is 13.8 Å². The van der Waals surface area contributed by atoms with E-state index in [1.54, 1.807) is 6.07 Å². The molecule has 3 aromatic rings. The minimum Gasteiger partial charge on any atom is -0.455 e. The monoisotopic (exact) mass is 298 g/mol. The molecule has 1 heterocycles. The molecule has 0 unspecified atom stereocenters. The highest BCUT2D eigenvalue weighted by atomic mass is 35.5. The van der Waals surface area contributed by atoms with E-state index in [1.807, 2.05) is 50.2 Å². The van der Waals surface area contributed by atoms with Crippen LogP contribution in [0.5, 0.6) is 11.5 Å². The lowest BCUT2D eigenvalue weighted by Crippen LogP contribution is -1.99. The van der Waals surface area contributed by atoms with Crippen LogP contribution in [0.1, 0.15) is 11.3 Å². The van der Waals surface area contributed by atoms with Gasteiger partial charge in [-0.3, -0.25) is 0 Å². The number of pyridine rings is 1. The van der Waals surface area contributed by atoms with Gasteiger partial charge in [0.25, 0.3) is 0 Å². The summed E-state index contributed by atoms with van der Waals surface area (Å²) in [7, 11) is 0. The van der Waals surface area contributed by atoms with Crippen molar-refractivity contribution in [1.29, 1.82) is 0 Å². The van der Waals surface area contributed by atoms with Crippen molar-refractivity contribution in [2.24, 2.45) is 0 Å². The average molecular weight is 299 g/mol. The van der Waals surface area contributed by atoms with Gasteiger partial charge in [-0.15, -0.1) is 0 Å². The number of nitrogens with zero attached hydrogens (tertiary/aromatic N) is 1. The summed E-state index contributed by atoms with van der Waals surface area (Å²) in [5.74, 6) is 1.40. The quantitative estimate of drug-likeness (QED) is 0.733. The van der Waals surface area contributed by atoms with Crippen LogP contribution in [0.4, 0.5) is 5.69 Å². The molecule has 2 aromatic carbocycles. The molecule has 0 saturated heterocycles. The predicted octanol–water partition coefficient (Wildman–Crippen LogP) is 4.88. The van der Waals surface area contributed by atoms with Crippen molar-refractivity contribution in [3.8, 4) is 11.5 Å². The Balaban J connectivity index is 2.23. The lowest BCUT2D eigenvalue weighted by Gasteiger charge is -2.13. The van der Waals surface area contributed by atoms with E-state index in [2.05, 4.69) is 4.98 Å². The number of aromatic nitrogens is 1. The van der Waals surface area contributed by atoms with Crippen molar-refractivity contribution in [1.82, 2.24) is 4.98 Å². The molecule has 0 spiro atoms. The normalized spacial score (nSPS) is 10.8. The second-order valence-electron chi connectivity index (χ2n) is 4.92. The minimum absolute atomic E-state index is 0.582. The third kappa shape index (κ3) is 2.41. The number of aryl methyl sites for hydroxylation is 1. The molecule has 0 saturated carbocycles. The van der Waals surface area contributed by atoms with E-state index < -0.39 is 0 Å². The average Bonchev–Trinajstić information content (AvgIpc) is 2.48. The Morgan fingerprint density at radius 3 is 2.48 bits per heavy atom. The Morgan fingerprint density at radius 1 is 1.05 bits per heavy atom. The first-order chi connectivity index (χ1) is 10.1. The summed E-state index contributed by atoms with van der Waals surface area (Å²) in [4.78, 5) is 4.60. The van der Waals surface area contributed by atoms with Crippen molar-refractivity contribution >= 4 is 28.2 Å². The van der Waals surface area contributed by atoms with E-state index in [-0.39, 0.29) is 0 Å². The smallest absolute Gasteiger partial charge is 0.153 e. The van der Waals surface area contributed by atoms with E-state index >= 15 is 0 Å². The molecule has 0 aliphatic heterocycles. The first kappa shape index (κ1) is 13.7. The molecule has 0 amide bonds. The molecule has 4 heteroatoms. The van der Waals surface area contributed by atoms with E-state index in [1.165, 1.54) is 0 Å². The fourth-order valence-corrected chi connectivity index (χ4v) is 2.50. The zero-order valence-corrected chi connectivity index (χ0v) is 12.6. The summed E-state index contributed by atoms with van der Waals surface area (Å²) < 4.78 is 5.92. The molecular weight excluding hydrogens is 284 g/mol. The van der Waals surface area contributed by atoms with E-state index in [4.69, 9.17) is 22.1 Å². The molecule has 21 heavy (non-hydrogen) atoms. The summed E-state index contributed by atoms with van der Waals surface area (Å²) in [6, 6.07) is 13.2. The second-order valence-corrected chi connectivity index (χ2v) is 5.33. The van der Waals surface area contributed by atoms with E-state index in [0.717, 1.165) is 22.4 Å². The lowest BCUT2D eigenvalue weighted by atomic mass is 10.1. The first-order valence-corrected chi connectivity index (χ1v) is 7.03. The number of rotatable bonds is 2. The van der Waals surface area contributed by atoms with Gasteiger partial charge in [-0.25, -0.2) is 4.98 Å². The molecule has 0 aliphatic carbocycles. The molecule has 0 fully saturated rings. The van der Waals surface area contributed by atoms with Crippen molar-refractivity contribution in [3.05, 3.63) is 58.7 Å². The number of nitrogens with two attached hydrogens (primary N) is 1. The number of hydrogen-bond donors (Lipinski definition) is 1. The highest BCUT2D eigenvalue weighted by Crippen LogP contribution is 2.37. The molecule has 3 nitrogen and oxygen atoms in total. The number of hydrogen-bond acceptors (Lipinski definition) is 3. The van der Waals surface area contributed by atoms with E-state index in [9.17, 15) is 0 Å². The van der Waals surface area contributed by atoms with Crippen molar-refractivity contribution in [2.75, 3.05) is 5.73 Å². The molecule has 0 radical (unpaired) electrons. The number of anilines is 1. The lowest BCUT2D eigenvalue weighted by molar-refractivity contribution is 0.487. The number of para-hydroxylation sites is 1. The molecule has 0 bridgehead atoms. The molecule has 2 N–H and O–H groups in total. The maximum Gasteiger partial charge on any atom is 0.153 e. The van der Waals surface area contributed by atoms with Gasteiger partial charge in [0, 0.05) is 16.8 Å². The van der Waals surface area contributed by atoms with Crippen molar-refractivity contribution < 1.29 is 4.74 Å². The SMILES string of the molecule is Cc1nc2c(Oc3ccccc3)ccc(Cl)c2c(N)c1C. The van der Waals surface area contributed by atoms with E-state index in [0.29, 0.717) is 22.0 Å². The van der Waals surface area contributed by atoms with Crippen molar-refractivity contribution in [2.45, 2.75) is 13.8 Å². The third-order valence-electron chi connectivity index (χ3n) is 3.56. The van der Waals surface area contributed by atoms with Gasteiger partial charge in [0.05, 0.1) is 5.02 Å². The fraction of sp³-hybridized carbons (Fsp3) is 0.118. The summed E-state index contributed by atoms with van der Waals surface area (Å²) >= 11 is 6.29. The number of halogens is 1. The summed E-state index contributed by atoms with van der Waals surface area (Å²) in [5, 5.41) is 1.33. The van der Waals surface area contributed by atoms with Crippen LogP contribution in [0.25, 0.3) is 10.9 Å². The number of ether oxygens (including phenoxy) is 1. The number of nitrogen functional groups attached to an aromatic ring is 1. The molecule has 0 aliphatic rings. The largest absolute Gasteiger partial charge is 0.455 e. The predicted molar refractivity (Wildman–Crippen MR) is 87.2 cm³/mol. The molecular formula is C17H15ClN2O. The summed E-state index contributed by atoms with van der Waals surface area (Å²) in [6.07, 6.45) is 0. The van der Waals surface area contributed by atoms with Crippen LogP contribution >= 0.6 is 11.6 Å². The number of fused-ring (bicyclic) bond motifs is 1. The van der Waals surface area contributed by atoms with Gasteiger partial charge >= 0.3 is 0 Å². The Hall–Kier alpha value is -2.26. The molecule has 1 aromatic heterocycles. The van der Waals surface area contributed by atoms with Crippen LogP contribution < -0.4 is 10.5 Å². The molecule has 3 rings (SSSR count). The standard InChI is InChI=1S/C17H15ClN2O/c1-10-11(2)20-17-14(21-12-6-4-3-5-7-12)9-8-13(18)15(17)16(10)19/h3-9H,1-2H3,(H2,19,20). The van der Waals surface area contributed by atoms with Crippen LogP contribution in [0.2, 0.25) is 5.02 Å². The Labute approximate surface area is 128 Å². The van der Waals surface area contributed by atoms with Gasteiger partial charge in [-0.1, -0.05) is 29.8 Å². The Bertz CT molecular complexity index is 816. The highest BCUT2D eigenvalue weighted by molar-refractivity contribution is 6.36. The fourth-order valence-electron chi connectivity index (χ4n) is 2.25. The zero-order chi connectivity index (χ0) is 15.0. The molecule has 106 valence electrons. The van der Waals surface area contributed by atoms with Crippen LogP contribution in [-0.2, 0) is 0 Å². The second kappa shape index (κ2) is 5.26. The van der Waals surface area contributed by atoms with Crippen LogP contribution in [0.3, 0.4) is 0 Å². The van der Waals surface area contributed by atoms with Gasteiger partial charge < -0.3 is 10.5 Å². The van der Waals surface area contributed by atoms with Gasteiger partial charge in [0.15, 0.2) is 5.75 Å². The summed E-state index contributed by atoms with van der Waals surface area (Å²) in [6.45, 7) is 3.87.